The summed E-state index contributed by atoms with van der Waals surface area (Å²) >= 11 is 0. The number of hydrogen-bond donors (Lipinski definition) is 3. The van der Waals surface area contributed by atoms with Gasteiger partial charge in [0.2, 0.25) is 5.91 Å². The Labute approximate surface area is 124 Å². The van der Waals surface area contributed by atoms with E-state index >= 15 is 0 Å². The smallest absolute Gasteiger partial charge is 0.253 e. The molecular weight excluding hydrogens is 270 g/mol. The zero-order valence-electron chi connectivity index (χ0n) is 12.0. The van der Waals surface area contributed by atoms with Crippen LogP contribution in [-0.2, 0) is 4.79 Å². The second-order valence-corrected chi connectivity index (χ2v) is 4.23. The molecule has 0 radical (unpaired) electrons. The molecule has 1 aromatic rings. The van der Waals surface area contributed by atoms with Gasteiger partial charge in [-0.3, -0.25) is 14.6 Å². The van der Waals surface area contributed by atoms with Crippen LogP contribution in [0.3, 0.4) is 0 Å². The summed E-state index contributed by atoms with van der Waals surface area (Å²) in [5.74, 6) is 4.92. The highest BCUT2D eigenvalue weighted by molar-refractivity contribution is 5.98. The minimum Gasteiger partial charge on any atom is -0.395 e. The van der Waals surface area contributed by atoms with E-state index in [4.69, 9.17) is 5.11 Å². The Morgan fingerprint density at radius 3 is 2.90 bits per heavy atom. The highest BCUT2D eigenvalue weighted by Crippen LogP contribution is 2.05. The first-order valence-corrected chi connectivity index (χ1v) is 6.77. The van der Waals surface area contributed by atoms with E-state index in [2.05, 4.69) is 27.5 Å². The monoisotopic (exact) mass is 289 g/mol. The second-order valence-electron chi connectivity index (χ2n) is 4.23. The first kappa shape index (κ1) is 16.7. The molecule has 6 nitrogen and oxygen atoms in total. The van der Waals surface area contributed by atoms with Crippen LogP contribution >= 0.6 is 0 Å². The van der Waals surface area contributed by atoms with Crippen LogP contribution in [-0.4, -0.2) is 41.6 Å². The zero-order valence-corrected chi connectivity index (χ0v) is 12.0. The molecule has 0 saturated carbocycles. The van der Waals surface area contributed by atoms with Crippen molar-refractivity contribution in [1.29, 1.82) is 0 Å². The van der Waals surface area contributed by atoms with Crippen molar-refractivity contribution < 1.29 is 14.7 Å². The van der Waals surface area contributed by atoms with Gasteiger partial charge in [-0.25, -0.2) is 0 Å². The van der Waals surface area contributed by atoms with Crippen molar-refractivity contribution in [3.63, 3.8) is 0 Å². The lowest BCUT2D eigenvalue weighted by Crippen LogP contribution is -2.37. The van der Waals surface area contributed by atoms with E-state index < -0.39 is 0 Å². The SMILES string of the molecule is CCCNC(=O)CNC(=O)c1ccncc1C#CCCO. The van der Waals surface area contributed by atoms with E-state index in [1.165, 1.54) is 12.4 Å². The fourth-order valence-electron chi connectivity index (χ4n) is 1.49. The Bertz CT molecular complexity index is 547. The molecule has 0 bridgehead atoms. The predicted molar refractivity (Wildman–Crippen MR) is 78.5 cm³/mol. The summed E-state index contributed by atoms with van der Waals surface area (Å²) in [4.78, 5) is 27.4. The van der Waals surface area contributed by atoms with Gasteiger partial charge >= 0.3 is 0 Å². The maximum absolute atomic E-state index is 12.0. The molecule has 0 saturated heterocycles. The van der Waals surface area contributed by atoms with Crippen molar-refractivity contribution in [2.45, 2.75) is 19.8 Å². The molecule has 0 spiro atoms. The number of aromatic nitrogens is 1. The first-order chi connectivity index (χ1) is 10.2. The van der Waals surface area contributed by atoms with Crippen LogP contribution in [0.5, 0.6) is 0 Å². The summed E-state index contributed by atoms with van der Waals surface area (Å²) in [5, 5.41) is 13.9. The maximum atomic E-state index is 12.0. The van der Waals surface area contributed by atoms with Gasteiger partial charge in [0.25, 0.3) is 5.91 Å². The van der Waals surface area contributed by atoms with Crippen molar-refractivity contribution in [3.05, 3.63) is 29.6 Å². The van der Waals surface area contributed by atoms with Crippen molar-refractivity contribution in [1.82, 2.24) is 15.6 Å². The molecule has 2 amide bonds. The minimum atomic E-state index is -0.377. The van der Waals surface area contributed by atoms with Crippen LogP contribution in [0.4, 0.5) is 0 Å². The highest BCUT2D eigenvalue weighted by Gasteiger charge is 2.11. The zero-order chi connectivity index (χ0) is 15.5. The number of carbonyl (C=O) groups is 2. The van der Waals surface area contributed by atoms with E-state index in [0.717, 1.165) is 6.42 Å². The molecule has 0 aliphatic carbocycles. The van der Waals surface area contributed by atoms with Crippen molar-refractivity contribution in [3.8, 4) is 11.8 Å². The second kappa shape index (κ2) is 9.50. The fourth-order valence-corrected chi connectivity index (χ4v) is 1.49. The molecular formula is C15H19N3O3. The normalized spacial score (nSPS) is 9.43. The number of carbonyl (C=O) groups excluding carboxylic acids is 2. The average molecular weight is 289 g/mol. The summed E-state index contributed by atoms with van der Waals surface area (Å²) in [7, 11) is 0. The number of aliphatic hydroxyl groups excluding tert-OH is 1. The Hall–Kier alpha value is -2.39. The molecule has 21 heavy (non-hydrogen) atoms. The maximum Gasteiger partial charge on any atom is 0.253 e. The number of nitrogens with zero attached hydrogens (tertiary/aromatic N) is 1. The third kappa shape index (κ3) is 6.06. The van der Waals surface area contributed by atoms with Gasteiger partial charge in [0.1, 0.15) is 0 Å². The number of aliphatic hydroxyl groups is 1. The van der Waals surface area contributed by atoms with E-state index in [1.54, 1.807) is 6.07 Å². The quantitative estimate of drug-likeness (QED) is 0.646. The Morgan fingerprint density at radius 1 is 1.38 bits per heavy atom. The molecule has 3 N–H and O–H groups in total. The van der Waals surface area contributed by atoms with Crippen LogP contribution in [0.15, 0.2) is 18.5 Å². The Morgan fingerprint density at radius 2 is 2.19 bits per heavy atom. The molecule has 6 heteroatoms. The molecule has 112 valence electrons. The summed E-state index contributed by atoms with van der Waals surface area (Å²) in [6, 6.07) is 1.54. The van der Waals surface area contributed by atoms with E-state index in [-0.39, 0.29) is 25.0 Å². The minimum absolute atomic E-state index is 0.0353. The molecule has 1 aromatic heterocycles. The number of rotatable bonds is 6. The summed E-state index contributed by atoms with van der Waals surface area (Å²) < 4.78 is 0. The lowest BCUT2D eigenvalue weighted by molar-refractivity contribution is -0.120. The highest BCUT2D eigenvalue weighted by atomic mass is 16.2. The van der Waals surface area contributed by atoms with Gasteiger partial charge < -0.3 is 15.7 Å². The number of nitrogens with one attached hydrogen (secondary N) is 2. The van der Waals surface area contributed by atoms with Crippen LogP contribution in [0.25, 0.3) is 0 Å². The topological polar surface area (TPSA) is 91.3 Å². The lowest BCUT2D eigenvalue weighted by atomic mass is 10.1. The summed E-state index contributed by atoms with van der Waals surface area (Å²) in [6.07, 6.45) is 4.14. The predicted octanol–water partition coefficient (Wildman–Crippen LogP) is 0.0715. The fraction of sp³-hybridized carbons (Fsp3) is 0.400. The molecule has 0 unspecified atom stereocenters. The van der Waals surface area contributed by atoms with E-state index in [0.29, 0.717) is 24.1 Å². The Kier molecular flexibility index (Phi) is 7.54. The van der Waals surface area contributed by atoms with Gasteiger partial charge in [-0.1, -0.05) is 18.8 Å². The molecule has 1 rings (SSSR count). The number of hydrogen-bond acceptors (Lipinski definition) is 4. The van der Waals surface area contributed by atoms with E-state index in [9.17, 15) is 9.59 Å². The summed E-state index contributed by atoms with van der Waals surface area (Å²) in [6.45, 7) is 2.42. The van der Waals surface area contributed by atoms with Crippen LogP contribution in [0.2, 0.25) is 0 Å². The molecule has 0 aliphatic heterocycles. The molecule has 0 atom stereocenters. The first-order valence-electron chi connectivity index (χ1n) is 6.77. The van der Waals surface area contributed by atoms with Gasteiger partial charge in [0.05, 0.1) is 24.3 Å². The average Bonchev–Trinajstić information content (AvgIpc) is 2.51. The van der Waals surface area contributed by atoms with Crippen LogP contribution < -0.4 is 10.6 Å². The van der Waals surface area contributed by atoms with Crippen LogP contribution in [0.1, 0.15) is 35.7 Å². The largest absolute Gasteiger partial charge is 0.395 e. The summed E-state index contributed by atoms with van der Waals surface area (Å²) in [5.41, 5.74) is 0.830. The number of pyridine rings is 1. The molecule has 0 fully saturated rings. The van der Waals surface area contributed by atoms with Gasteiger partial charge in [0.15, 0.2) is 0 Å². The molecule has 0 aromatic carbocycles. The van der Waals surface area contributed by atoms with Crippen molar-refractivity contribution in [2.75, 3.05) is 19.7 Å². The van der Waals surface area contributed by atoms with E-state index in [1.807, 2.05) is 6.92 Å². The van der Waals surface area contributed by atoms with Crippen molar-refractivity contribution in [2.24, 2.45) is 0 Å². The van der Waals surface area contributed by atoms with Crippen molar-refractivity contribution >= 4 is 11.8 Å². The van der Waals surface area contributed by atoms with Gasteiger partial charge in [-0.2, -0.15) is 0 Å². The Balaban J connectivity index is 2.66. The van der Waals surface area contributed by atoms with Gasteiger partial charge in [-0.05, 0) is 12.5 Å². The molecule has 1 heterocycles. The third-order valence-electron chi connectivity index (χ3n) is 2.51. The third-order valence-corrected chi connectivity index (χ3v) is 2.51. The molecule has 0 aliphatic rings. The van der Waals surface area contributed by atoms with Gasteiger partial charge in [0, 0.05) is 25.4 Å². The number of amides is 2. The lowest BCUT2D eigenvalue weighted by Gasteiger charge is -2.07. The van der Waals surface area contributed by atoms with Crippen LogP contribution in [0, 0.1) is 11.8 Å². The van der Waals surface area contributed by atoms with Gasteiger partial charge in [-0.15, -0.1) is 0 Å². The standard InChI is InChI=1S/C15H19N3O3/c1-2-7-17-14(20)11-18-15(21)13-6-8-16-10-12(13)5-3-4-9-19/h6,8,10,19H,2,4,7,9,11H2,1H3,(H,17,20)(H,18,21).